The highest BCUT2D eigenvalue weighted by atomic mass is 32.2. The number of hydrogen-bond donors (Lipinski definition) is 0. The van der Waals surface area contributed by atoms with Crippen LogP contribution in [-0.2, 0) is 4.74 Å². The Balaban J connectivity index is 1.98. The molecule has 0 atom stereocenters. The third-order valence-corrected chi connectivity index (χ3v) is 4.69. The van der Waals surface area contributed by atoms with Crippen LogP contribution in [0.3, 0.4) is 0 Å². The third kappa shape index (κ3) is 4.04. The monoisotopic (exact) mass is 290 g/mol. The predicted octanol–water partition coefficient (Wildman–Crippen LogP) is 4.32. The second kappa shape index (κ2) is 7.26. The molecule has 0 aromatic heterocycles. The number of carbonyl (C=O) groups excluding carboxylic acids is 1. The largest absolute Gasteiger partial charge is 0.465 e. The highest BCUT2D eigenvalue weighted by Crippen LogP contribution is 2.29. The molecule has 0 amide bonds. The molecule has 0 aliphatic carbocycles. The highest BCUT2D eigenvalue weighted by Gasteiger charge is 2.10. The van der Waals surface area contributed by atoms with Crippen molar-refractivity contribution in [3.63, 3.8) is 0 Å². The van der Waals surface area contributed by atoms with Gasteiger partial charge >= 0.3 is 5.97 Å². The summed E-state index contributed by atoms with van der Waals surface area (Å²) in [6, 6.07) is 17.7. The first-order chi connectivity index (χ1) is 9.31. The number of hydrogen-bond acceptors (Lipinski definition) is 4. The summed E-state index contributed by atoms with van der Waals surface area (Å²) in [5.74, 6) is -0.284. The van der Waals surface area contributed by atoms with E-state index in [1.807, 2.05) is 36.4 Å². The molecule has 2 nitrogen and oxygen atoms in total. The van der Waals surface area contributed by atoms with E-state index in [9.17, 15) is 4.79 Å². The molecule has 0 saturated carbocycles. The maximum Gasteiger partial charge on any atom is 0.338 e. The van der Waals surface area contributed by atoms with Gasteiger partial charge in [0.15, 0.2) is 0 Å². The molecule has 98 valence electrons. The minimum atomic E-state index is -0.284. The van der Waals surface area contributed by atoms with Crippen molar-refractivity contribution >= 4 is 29.5 Å². The normalized spacial score (nSPS) is 10.2. The molecule has 19 heavy (non-hydrogen) atoms. The van der Waals surface area contributed by atoms with Gasteiger partial charge in [0, 0.05) is 14.9 Å². The van der Waals surface area contributed by atoms with Crippen molar-refractivity contribution in [3.05, 3.63) is 60.2 Å². The molecule has 2 aromatic carbocycles. The van der Waals surface area contributed by atoms with Crippen LogP contribution in [0.25, 0.3) is 0 Å². The molecule has 0 fully saturated rings. The third-order valence-electron chi connectivity index (χ3n) is 2.48. The average molecular weight is 290 g/mol. The Morgan fingerprint density at radius 1 is 1.00 bits per heavy atom. The summed E-state index contributed by atoms with van der Waals surface area (Å²) in [5.41, 5.74) is 0.628. The van der Waals surface area contributed by atoms with Gasteiger partial charge in [0.1, 0.15) is 0 Å². The summed E-state index contributed by atoms with van der Waals surface area (Å²) in [5, 5.41) is 0.859. The molecule has 0 heterocycles. The quantitative estimate of drug-likeness (QED) is 0.465. The Labute approximate surface area is 121 Å². The standard InChI is InChI=1S/C15H14O2S2/c1-17-15(16)13-9-5-6-10-14(13)19-11-18-12-7-3-2-4-8-12/h2-10H,11H2,1H3. The molecule has 0 spiro atoms. The average Bonchev–Trinajstić information content (AvgIpc) is 2.48. The number of rotatable bonds is 5. The summed E-state index contributed by atoms with van der Waals surface area (Å²) in [6.45, 7) is 0. The number of benzene rings is 2. The predicted molar refractivity (Wildman–Crippen MR) is 80.8 cm³/mol. The minimum absolute atomic E-state index is 0.284. The molecule has 0 unspecified atom stereocenters. The van der Waals surface area contributed by atoms with Gasteiger partial charge in [0.05, 0.1) is 12.7 Å². The molecule has 0 N–H and O–H groups in total. The Morgan fingerprint density at radius 3 is 2.42 bits per heavy atom. The number of ether oxygens (including phenoxy) is 1. The highest BCUT2D eigenvalue weighted by molar-refractivity contribution is 8.16. The van der Waals surface area contributed by atoms with E-state index in [0.717, 1.165) is 9.98 Å². The van der Waals surface area contributed by atoms with E-state index in [1.165, 1.54) is 12.0 Å². The first-order valence-electron chi connectivity index (χ1n) is 5.79. The Hall–Kier alpha value is -1.39. The zero-order valence-corrected chi connectivity index (χ0v) is 12.2. The first kappa shape index (κ1) is 14.0. The van der Waals surface area contributed by atoms with Gasteiger partial charge in [0.25, 0.3) is 0 Å². The van der Waals surface area contributed by atoms with Gasteiger partial charge < -0.3 is 4.74 Å². The van der Waals surface area contributed by atoms with Crippen molar-refractivity contribution in [2.24, 2.45) is 0 Å². The number of methoxy groups -OCH3 is 1. The van der Waals surface area contributed by atoms with Crippen molar-refractivity contribution < 1.29 is 9.53 Å². The number of carbonyl (C=O) groups is 1. The topological polar surface area (TPSA) is 26.3 Å². The molecule has 0 aliphatic heterocycles. The van der Waals surface area contributed by atoms with E-state index < -0.39 is 0 Å². The fourth-order valence-electron chi connectivity index (χ4n) is 1.55. The molecule has 4 heteroatoms. The van der Waals surface area contributed by atoms with Crippen LogP contribution >= 0.6 is 23.5 Å². The summed E-state index contributed by atoms with van der Waals surface area (Å²) in [4.78, 5) is 13.8. The van der Waals surface area contributed by atoms with E-state index in [1.54, 1.807) is 29.6 Å². The van der Waals surface area contributed by atoms with Gasteiger partial charge in [-0.05, 0) is 24.3 Å². The molecule has 0 radical (unpaired) electrons. The van der Waals surface area contributed by atoms with E-state index in [2.05, 4.69) is 12.1 Å². The van der Waals surface area contributed by atoms with Gasteiger partial charge in [-0.3, -0.25) is 0 Å². The second-order valence-corrected chi connectivity index (χ2v) is 6.14. The van der Waals surface area contributed by atoms with Crippen LogP contribution in [0, 0.1) is 0 Å². The van der Waals surface area contributed by atoms with E-state index in [4.69, 9.17) is 4.74 Å². The molecule has 0 aliphatic rings. The van der Waals surface area contributed by atoms with Gasteiger partial charge in [-0.25, -0.2) is 4.79 Å². The van der Waals surface area contributed by atoms with Gasteiger partial charge in [-0.2, -0.15) is 0 Å². The summed E-state index contributed by atoms with van der Waals surface area (Å²) in [7, 11) is 1.41. The maximum absolute atomic E-state index is 11.6. The molecule has 0 bridgehead atoms. The smallest absolute Gasteiger partial charge is 0.338 e. The Morgan fingerprint density at radius 2 is 1.68 bits per heavy atom. The van der Waals surface area contributed by atoms with E-state index >= 15 is 0 Å². The van der Waals surface area contributed by atoms with Crippen LogP contribution in [0.4, 0.5) is 0 Å². The van der Waals surface area contributed by atoms with Gasteiger partial charge in [-0.15, -0.1) is 23.5 Å². The van der Waals surface area contributed by atoms with Gasteiger partial charge in [-0.1, -0.05) is 30.3 Å². The number of esters is 1. The molecule has 0 saturated heterocycles. The van der Waals surface area contributed by atoms with Crippen molar-refractivity contribution in [3.8, 4) is 0 Å². The van der Waals surface area contributed by atoms with Crippen molar-refractivity contribution in [1.29, 1.82) is 0 Å². The lowest BCUT2D eigenvalue weighted by Crippen LogP contribution is -2.02. The van der Waals surface area contributed by atoms with Gasteiger partial charge in [0.2, 0.25) is 0 Å². The Kier molecular flexibility index (Phi) is 5.36. The van der Waals surface area contributed by atoms with Crippen LogP contribution in [-0.4, -0.2) is 18.2 Å². The Bertz CT molecular complexity index is 541. The summed E-state index contributed by atoms with van der Waals surface area (Å²) < 4.78 is 4.78. The molecule has 2 rings (SSSR count). The SMILES string of the molecule is COC(=O)c1ccccc1SCSc1ccccc1. The molecular formula is C15H14O2S2. The zero-order valence-electron chi connectivity index (χ0n) is 10.5. The summed E-state index contributed by atoms with van der Waals surface area (Å²) in [6.07, 6.45) is 0. The summed E-state index contributed by atoms with van der Waals surface area (Å²) >= 11 is 3.40. The molecule has 2 aromatic rings. The maximum atomic E-state index is 11.6. The first-order valence-corrected chi connectivity index (χ1v) is 7.76. The van der Waals surface area contributed by atoms with Crippen molar-refractivity contribution in [1.82, 2.24) is 0 Å². The lowest BCUT2D eigenvalue weighted by molar-refractivity contribution is 0.0597. The molecular weight excluding hydrogens is 276 g/mol. The fourth-order valence-corrected chi connectivity index (χ4v) is 3.67. The number of thioether (sulfide) groups is 2. The van der Waals surface area contributed by atoms with Crippen molar-refractivity contribution in [2.45, 2.75) is 9.79 Å². The van der Waals surface area contributed by atoms with Crippen LogP contribution in [0.2, 0.25) is 0 Å². The van der Waals surface area contributed by atoms with Crippen LogP contribution in [0.5, 0.6) is 0 Å². The minimum Gasteiger partial charge on any atom is -0.465 e. The van der Waals surface area contributed by atoms with E-state index in [0.29, 0.717) is 5.56 Å². The fraction of sp³-hybridized carbons (Fsp3) is 0.133. The van der Waals surface area contributed by atoms with Crippen LogP contribution in [0.15, 0.2) is 64.4 Å². The lowest BCUT2D eigenvalue weighted by Gasteiger charge is -2.07. The van der Waals surface area contributed by atoms with Crippen LogP contribution in [0.1, 0.15) is 10.4 Å². The van der Waals surface area contributed by atoms with Crippen LogP contribution < -0.4 is 0 Å². The lowest BCUT2D eigenvalue weighted by atomic mass is 10.2. The van der Waals surface area contributed by atoms with Crippen molar-refractivity contribution in [2.75, 3.05) is 12.2 Å². The second-order valence-electron chi connectivity index (χ2n) is 3.71. The van der Waals surface area contributed by atoms with E-state index in [-0.39, 0.29) is 5.97 Å². The zero-order chi connectivity index (χ0) is 13.5.